The smallest absolute Gasteiger partial charge is 0.324 e. The normalized spacial score (nSPS) is 11.3. The maximum absolute atomic E-state index is 2.33. The zero-order chi connectivity index (χ0) is 13.0. The van der Waals surface area contributed by atoms with Crippen molar-refractivity contribution in [3.05, 3.63) is 0 Å². The molecule has 0 unspecified atom stereocenters. The van der Waals surface area contributed by atoms with Crippen molar-refractivity contribution in [2.75, 3.05) is 26.2 Å². The van der Waals surface area contributed by atoms with Crippen LogP contribution in [0, 0.1) is 0 Å². The molecule has 0 aromatic carbocycles. The van der Waals surface area contributed by atoms with E-state index >= 15 is 0 Å². The molecule has 0 bridgehead atoms. The standard InChI is InChI=1S/C16H36N.Au/c1-5-9-13-17(14-10-6-2,15-11-7-3)16-12-8-4;/h5-16H2,1-4H3;/q+1;+3. The van der Waals surface area contributed by atoms with Gasteiger partial charge in [0, 0.05) is 0 Å². The van der Waals surface area contributed by atoms with E-state index in [0.717, 1.165) is 0 Å². The summed E-state index contributed by atoms with van der Waals surface area (Å²) in [6.07, 6.45) is 11.1. The Labute approximate surface area is 132 Å². The van der Waals surface area contributed by atoms with Crippen molar-refractivity contribution < 1.29 is 26.9 Å². The van der Waals surface area contributed by atoms with Crippen LogP contribution < -0.4 is 0 Å². The quantitative estimate of drug-likeness (QED) is 0.297. The molecule has 0 fully saturated rings. The summed E-state index contributed by atoms with van der Waals surface area (Å²) < 4.78 is 1.42. The number of hydrogen-bond acceptors (Lipinski definition) is 0. The Morgan fingerprint density at radius 1 is 0.500 bits per heavy atom. The van der Waals surface area contributed by atoms with Gasteiger partial charge in [-0.15, -0.1) is 0 Å². The third-order valence-electron chi connectivity index (χ3n) is 3.94. The summed E-state index contributed by atoms with van der Waals surface area (Å²) in [5.74, 6) is 0. The molecule has 0 spiro atoms. The van der Waals surface area contributed by atoms with E-state index in [4.69, 9.17) is 0 Å². The topological polar surface area (TPSA) is 0 Å². The van der Waals surface area contributed by atoms with Crippen molar-refractivity contribution in [3.63, 3.8) is 0 Å². The Kier molecular flexibility index (Phi) is 16.5. The van der Waals surface area contributed by atoms with Crippen LogP contribution in [-0.2, 0) is 22.4 Å². The molecule has 2 heteroatoms. The molecule has 0 heterocycles. The molecule has 1 nitrogen and oxygen atoms in total. The van der Waals surface area contributed by atoms with E-state index in [2.05, 4.69) is 27.7 Å². The molecule has 0 aromatic rings. The summed E-state index contributed by atoms with van der Waals surface area (Å²) in [5, 5.41) is 0. The number of nitrogens with zero attached hydrogens (tertiary/aromatic N) is 1. The molecule has 18 heavy (non-hydrogen) atoms. The van der Waals surface area contributed by atoms with Crippen LogP contribution in [-0.4, -0.2) is 30.7 Å². The van der Waals surface area contributed by atoms with Crippen molar-refractivity contribution in [1.29, 1.82) is 0 Å². The first-order valence-corrected chi connectivity index (χ1v) is 8.09. The SMILES string of the molecule is CCCC[N+](CCCC)(CCCC)CCCC.[Au+3]. The minimum atomic E-state index is 0. The number of hydrogen-bond donors (Lipinski definition) is 0. The van der Waals surface area contributed by atoms with Crippen molar-refractivity contribution >= 4 is 0 Å². The fourth-order valence-electron chi connectivity index (χ4n) is 2.64. The molecule has 0 atom stereocenters. The molecule has 0 saturated carbocycles. The molecular weight excluding hydrogens is 403 g/mol. The van der Waals surface area contributed by atoms with E-state index < -0.39 is 0 Å². The maximum Gasteiger partial charge on any atom is 3.00 e. The van der Waals surface area contributed by atoms with Gasteiger partial charge in [0.1, 0.15) is 0 Å². The first-order valence-electron chi connectivity index (χ1n) is 8.09. The van der Waals surface area contributed by atoms with Crippen molar-refractivity contribution in [3.8, 4) is 0 Å². The third-order valence-corrected chi connectivity index (χ3v) is 3.94. The molecule has 0 radical (unpaired) electrons. The van der Waals surface area contributed by atoms with Crippen LogP contribution in [0.3, 0.4) is 0 Å². The van der Waals surface area contributed by atoms with Crippen molar-refractivity contribution in [1.82, 2.24) is 0 Å². The minimum absolute atomic E-state index is 0. The molecule has 0 aliphatic heterocycles. The summed E-state index contributed by atoms with van der Waals surface area (Å²) in [4.78, 5) is 0. The second-order valence-corrected chi connectivity index (χ2v) is 5.65. The van der Waals surface area contributed by atoms with Gasteiger partial charge in [-0.2, -0.15) is 0 Å². The summed E-state index contributed by atoms with van der Waals surface area (Å²) in [6, 6.07) is 0. The van der Waals surface area contributed by atoms with Crippen LogP contribution >= 0.6 is 0 Å². The van der Waals surface area contributed by atoms with Gasteiger partial charge < -0.3 is 4.48 Å². The Hall–Kier alpha value is 0.700. The second-order valence-electron chi connectivity index (χ2n) is 5.65. The largest absolute Gasteiger partial charge is 3.00 e. The van der Waals surface area contributed by atoms with Gasteiger partial charge in [-0.1, -0.05) is 53.4 Å². The van der Waals surface area contributed by atoms with Crippen molar-refractivity contribution in [2.24, 2.45) is 0 Å². The van der Waals surface area contributed by atoms with Gasteiger partial charge in [-0.05, 0) is 25.7 Å². The minimum Gasteiger partial charge on any atom is -0.324 e. The predicted molar refractivity (Wildman–Crippen MR) is 79.4 cm³/mol. The van der Waals surface area contributed by atoms with Gasteiger partial charge in [-0.3, -0.25) is 0 Å². The molecular formula is C16H36AuN+4. The van der Waals surface area contributed by atoms with Crippen LogP contribution in [0.25, 0.3) is 0 Å². The Morgan fingerprint density at radius 2 is 0.722 bits per heavy atom. The first kappa shape index (κ1) is 21.0. The molecule has 0 amide bonds. The van der Waals surface area contributed by atoms with E-state index in [1.54, 1.807) is 0 Å². The molecule has 0 N–H and O–H groups in total. The van der Waals surface area contributed by atoms with Gasteiger partial charge in [0.2, 0.25) is 0 Å². The zero-order valence-electron chi connectivity index (χ0n) is 13.2. The third kappa shape index (κ3) is 9.61. The molecule has 112 valence electrons. The predicted octanol–water partition coefficient (Wildman–Crippen LogP) is 5.00. The Morgan fingerprint density at radius 3 is 0.889 bits per heavy atom. The average Bonchev–Trinajstić information content (AvgIpc) is 2.37. The molecule has 0 saturated heterocycles. The second kappa shape index (κ2) is 14.1. The van der Waals surface area contributed by atoms with Crippen LogP contribution in [0.15, 0.2) is 0 Å². The first-order chi connectivity index (χ1) is 8.24. The Balaban J connectivity index is 0. The number of rotatable bonds is 12. The maximum atomic E-state index is 2.33. The zero-order valence-corrected chi connectivity index (χ0v) is 15.4. The van der Waals surface area contributed by atoms with Crippen LogP contribution in [0.1, 0.15) is 79.1 Å². The van der Waals surface area contributed by atoms with Crippen LogP contribution in [0.4, 0.5) is 0 Å². The van der Waals surface area contributed by atoms with E-state index in [1.165, 1.54) is 82.0 Å². The Bertz CT molecular complexity index is 122. The van der Waals surface area contributed by atoms with Gasteiger partial charge in [0.25, 0.3) is 0 Å². The fourth-order valence-corrected chi connectivity index (χ4v) is 2.64. The number of unbranched alkanes of at least 4 members (excludes halogenated alkanes) is 4. The van der Waals surface area contributed by atoms with Crippen molar-refractivity contribution in [2.45, 2.75) is 79.1 Å². The van der Waals surface area contributed by atoms with Crippen LogP contribution in [0.2, 0.25) is 0 Å². The fraction of sp³-hybridized carbons (Fsp3) is 1.00. The summed E-state index contributed by atoms with van der Waals surface area (Å²) in [5.41, 5.74) is 0. The molecule has 0 aliphatic rings. The van der Waals surface area contributed by atoms with E-state index in [1.807, 2.05) is 0 Å². The summed E-state index contributed by atoms with van der Waals surface area (Å²) >= 11 is 0. The molecule has 0 aliphatic carbocycles. The summed E-state index contributed by atoms with van der Waals surface area (Å²) in [6.45, 7) is 15.0. The van der Waals surface area contributed by atoms with Crippen LogP contribution in [0.5, 0.6) is 0 Å². The van der Waals surface area contributed by atoms with E-state index in [-0.39, 0.29) is 22.4 Å². The monoisotopic (exact) mass is 439 g/mol. The van der Waals surface area contributed by atoms with Gasteiger partial charge in [0.15, 0.2) is 0 Å². The average molecular weight is 439 g/mol. The van der Waals surface area contributed by atoms with Gasteiger partial charge in [-0.25, -0.2) is 0 Å². The van der Waals surface area contributed by atoms with E-state index in [9.17, 15) is 0 Å². The summed E-state index contributed by atoms with van der Waals surface area (Å²) in [7, 11) is 0. The number of quaternary nitrogens is 1. The van der Waals surface area contributed by atoms with E-state index in [0.29, 0.717) is 0 Å². The molecule has 0 rings (SSSR count). The van der Waals surface area contributed by atoms with Gasteiger partial charge >= 0.3 is 22.4 Å². The molecule has 0 aromatic heterocycles. The van der Waals surface area contributed by atoms with Gasteiger partial charge in [0.05, 0.1) is 26.2 Å².